The van der Waals surface area contributed by atoms with Crippen LogP contribution in [-0.4, -0.2) is 47.4 Å². The maximum absolute atomic E-state index is 12.5. The number of nitrogens with one attached hydrogen (secondary N) is 1. The van der Waals surface area contributed by atoms with Crippen LogP contribution in [0.4, 0.5) is 0 Å². The molecule has 0 radical (unpaired) electrons. The van der Waals surface area contributed by atoms with Crippen LogP contribution < -0.4 is 5.32 Å². The van der Waals surface area contributed by atoms with E-state index in [0.717, 1.165) is 51.4 Å². The van der Waals surface area contributed by atoms with Gasteiger partial charge in [0, 0.05) is 12.8 Å². The predicted octanol–water partition coefficient (Wildman–Crippen LogP) is 19.2. The quantitative estimate of drug-likeness (QED) is 0.0321. The molecule has 0 heterocycles. The van der Waals surface area contributed by atoms with Gasteiger partial charge in [0.05, 0.1) is 25.4 Å². The van der Waals surface area contributed by atoms with Gasteiger partial charge in [-0.1, -0.05) is 288 Å². The predicted molar refractivity (Wildman–Crippen MR) is 301 cm³/mol. The second kappa shape index (κ2) is 58.6. The second-order valence-electron chi connectivity index (χ2n) is 21.0. The Hall–Kier alpha value is -1.92. The number of esters is 1. The van der Waals surface area contributed by atoms with Gasteiger partial charge in [0.15, 0.2) is 0 Å². The van der Waals surface area contributed by atoms with E-state index in [0.29, 0.717) is 19.4 Å². The fourth-order valence-electron chi connectivity index (χ4n) is 9.43. The lowest BCUT2D eigenvalue weighted by Gasteiger charge is -2.20. The minimum Gasteiger partial charge on any atom is -0.466 e. The van der Waals surface area contributed by atoms with Crippen LogP contribution >= 0.6 is 0 Å². The summed E-state index contributed by atoms with van der Waals surface area (Å²) in [7, 11) is 0. The molecule has 0 aromatic rings. The Morgan fingerprint density at radius 1 is 0.406 bits per heavy atom. The van der Waals surface area contributed by atoms with Gasteiger partial charge in [-0.25, -0.2) is 0 Å². The van der Waals surface area contributed by atoms with Gasteiger partial charge in [0.1, 0.15) is 0 Å². The van der Waals surface area contributed by atoms with Crippen LogP contribution in [0.1, 0.15) is 328 Å². The fourth-order valence-corrected chi connectivity index (χ4v) is 9.43. The lowest BCUT2D eigenvalue weighted by atomic mass is 10.0. The Balaban J connectivity index is 3.40. The van der Waals surface area contributed by atoms with Crippen LogP contribution in [0.25, 0.3) is 0 Å². The SMILES string of the molecule is CCCCCC/C=C\C/C=C\CCCCCCCCCC(=O)OCCCCCCCCCCCCCCCCCCCCCCC(=O)NC(CO)C(O)/C=C/CCCCCCCCCCCCCC. The van der Waals surface area contributed by atoms with Crippen LogP contribution in [0, 0.1) is 0 Å². The summed E-state index contributed by atoms with van der Waals surface area (Å²) in [5.74, 6) is -0.0667. The molecule has 0 saturated heterocycles. The Morgan fingerprint density at radius 3 is 1.12 bits per heavy atom. The maximum atomic E-state index is 12.5. The largest absolute Gasteiger partial charge is 0.466 e. The zero-order valence-electron chi connectivity index (χ0n) is 46.3. The van der Waals surface area contributed by atoms with Crippen LogP contribution in [0.15, 0.2) is 36.5 Å². The number of aliphatic hydroxyl groups is 2. The monoisotopic (exact) mass is 970 g/mol. The van der Waals surface area contributed by atoms with Crippen LogP contribution in [0.5, 0.6) is 0 Å². The van der Waals surface area contributed by atoms with E-state index in [-0.39, 0.29) is 18.5 Å². The fraction of sp³-hybridized carbons (Fsp3) is 0.873. The number of allylic oxidation sites excluding steroid dienone is 5. The lowest BCUT2D eigenvalue weighted by Crippen LogP contribution is -2.45. The van der Waals surface area contributed by atoms with Crippen molar-refractivity contribution in [1.29, 1.82) is 0 Å². The number of aliphatic hydroxyl groups excluding tert-OH is 2. The summed E-state index contributed by atoms with van der Waals surface area (Å²) < 4.78 is 5.49. The van der Waals surface area contributed by atoms with Crippen molar-refractivity contribution in [2.45, 2.75) is 341 Å². The van der Waals surface area contributed by atoms with E-state index in [2.05, 4.69) is 43.5 Å². The highest BCUT2D eigenvalue weighted by Crippen LogP contribution is 2.17. The summed E-state index contributed by atoms with van der Waals surface area (Å²) in [5, 5.41) is 23.1. The first-order valence-corrected chi connectivity index (χ1v) is 30.8. The average Bonchev–Trinajstić information content (AvgIpc) is 3.35. The molecule has 0 aliphatic heterocycles. The van der Waals surface area contributed by atoms with E-state index < -0.39 is 12.1 Å². The molecule has 0 fully saturated rings. The van der Waals surface area contributed by atoms with Gasteiger partial charge in [-0.2, -0.15) is 0 Å². The lowest BCUT2D eigenvalue weighted by molar-refractivity contribution is -0.143. The summed E-state index contributed by atoms with van der Waals surface area (Å²) in [6.45, 7) is 4.89. The first-order chi connectivity index (χ1) is 34.0. The highest BCUT2D eigenvalue weighted by Gasteiger charge is 2.18. The number of ether oxygens (including phenoxy) is 1. The topological polar surface area (TPSA) is 95.9 Å². The van der Waals surface area contributed by atoms with E-state index >= 15 is 0 Å². The van der Waals surface area contributed by atoms with E-state index in [4.69, 9.17) is 4.74 Å². The normalized spacial score (nSPS) is 12.8. The molecule has 3 N–H and O–H groups in total. The molecule has 0 spiro atoms. The standard InChI is InChI=1S/C63H119NO5/c1-3-5-7-9-11-13-15-17-19-20-26-29-33-37-41-45-49-53-57-63(68)69-58-54-50-46-42-38-34-30-27-24-22-21-23-25-28-32-36-40-44-48-52-56-62(67)64-60(59-65)61(66)55-51-47-43-39-35-31-18-16-14-12-10-8-6-4-2/h13,15,19-20,51,55,60-61,65-66H,3-12,14,16-18,21-50,52-54,56-59H2,1-2H3,(H,64,67)/b15-13-,20-19-,55-51+. The molecule has 1 amide bonds. The number of unbranched alkanes of at least 4 members (excludes halogenated alkanes) is 42. The molecule has 0 bridgehead atoms. The molecule has 0 aromatic heterocycles. The van der Waals surface area contributed by atoms with E-state index in [9.17, 15) is 19.8 Å². The van der Waals surface area contributed by atoms with Crippen molar-refractivity contribution in [3.63, 3.8) is 0 Å². The number of hydrogen-bond acceptors (Lipinski definition) is 5. The molecular weight excluding hydrogens is 851 g/mol. The van der Waals surface area contributed by atoms with E-state index in [1.807, 2.05) is 6.08 Å². The van der Waals surface area contributed by atoms with Crippen molar-refractivity contribution < 1.29 is 24.5 Å². The van der Waals surface area contributed by atoms with Crippen molar-refractivity contribution >= 4 is 11.9 Å². The molecule has 0 rings (SSSR count). The highest BCUT2D eigenvalue weighted by molar-refractivity contribution is 5.76. The van der Waals surface area contributed by atoms with Gasteiger partial charge in [-0.3, -0.25) is 9.59 Å². The number of carbonyl (C=O) groups excluding carboxylic acids is 2. The Morgan fingerprint density at radius 2 is 0.725 bits per heavy atom. The molecule has 0 aliphatic carbocycles. The molecule has 0 aromatic carbocycles. The average molecular weight is 971 g/mol. The minimum atomic E-state index is -0.846. The molecule has 6 heteroatoms. The highest BCUT2D eigenvalue weighted by atomic mass is 16.5. The Labute approximate surface area is 430 Å². The van der Waals surface area contributed by atoms with Gasteiger partial charge < -0.3 is 20.3 Å². The van der Waals surface area contributed by atoms with Crippen LogP contribution in [0.3, 0.4) is 0 Å². The van der Waals surface area contributed by atoms with Gasteiger partial charge in [0.2, 0.25) is 5.91 Å². The Bertz CT molecular complexity index is 1120. The smallest absolute Gasteiger partial charge is 0.305 e. The summed E-state index contributed by atoms with van der Waals surface area (Å²) in [6, 6.07) is -0.629. The molecule has 6 nitrogen and oxygen atoms in total. The number of hydrogen-bond donors (Lipinski definition) is 3. The molecule has 0 aliphatic rings. The summed E-state index contributed by atoms with van der Waals surface area (Å²) in [6.07, 6.45) is 73.2. The van der Waals surface area contributed by atoms with Crippen molar-refractivity contribution in [3.05, 3.63) is 36.5 Å². The number of amides is 1. The van der Waals surface area contributed by atoms with E-state index in [1.54, 1.807) is 6.08 Å². The van der Waals surface area contributed by atoms with Crippen molar-refractivity contribution in [3.8, 4) is 0 Å². The van der Waals surface area contributed by atoms with Crippen LogP contribution in [0.2, 0.25) is 0 Å². The first kappa shape index (κ1) is 67.1. The zero-order valence-corrected chi connectivity index (χ0v) is 46.3. The third-order valence-electron chi connectivity index (χ3n) is 14.2. The van der Waals surface area contributed by atoms with Gasteiger partial charge in [-0.05, 0) is 64.2 Å². The molecule has 69 heavy (non-hydrogen) atoms. The first-order valence-electron chi connectivity index (χ1n) is 30.8. The van der Waals surface area contributed by atoms with Crippen molar-refractivity contribution in [2.75, 3.05) is 13.2 Å². The number of rotatable bonds is 57. The third-order valence-corrected chi connectivity index (χ3v) is 14.2. The van der Waals surface area contributed by atoms with Crippen molar-refractivity contribution in [1.82, 2.24) is 5.32 Å². The summed E-state index contributed by atoms with van der Waals surface area (Å²) >= 11 is 0. The molecular formula is C63H119NO5. The summed E-state index contributed by atoms with van der Waals surface area (Å²) in [5.41, 5.74) is 0. The van der Waals surface area contributed by atoms with Gasteiger partial charge in [0.25, 0.3) is 0 Å². The van der Waals surface area contributed by atoms with Gasteiger partial charge in [-0.15, -0.1) is 0 Å². The Kier molecular flexibility index (Phi) is 57.0. The molecule has 2 atom stereocenters. The zero-order chi connectivity index (χ0) is 50.0. The maximum Gasteiger partial charge on any atom is 0.305 e. The second-order valence-corrected chi connectivity index (χ2v) is 21.0. The molecule has 2 unspecified atom stereocenters. The van der Waals surface area contributed by atoms with Crippen molar-refractivity contribution in [2.24, 2.45) is 0 Å². The third kappa shape index (κ3) is 55.2. The molecule has 0 saturated carbocycles. The van der Waals surface area contributed by atoms with Crippen LogP contribution in [-0.2, 0) is 14.3 Å². The minimum absolute atomic E-state index is 0.00261. The van der Waals surface area contributed by atoms with Gasteiger partial charge >= 0.3 is 5.97 Å². The number of carbonyl (C=O) groups is 2. The molecule has 406 valence electrons. The summed E-state index contributed by atoms with van der Waals surface area (Å²) in [4.78, 5) is 24.5. The van der Waals surface area contributed by atoms with E-state index in [1.165, 1.54) is 250 Å².